The van der Waals surface area contributed by atoms with Crippen molar-refractivity contribution in [2.45, 2.75) is 45.8 Å². The molecule has 0 fully saturated rings. The van der Waals surface area contributed by atoms with Crippen LogP contribution in [0, 0.1) is 5.92 Å². The fourth-order valence-electron chi connectivity index (χ4n) is 2.24. The molecule has 7 nitrogen and oxygen atoms in total. The second-order valence-electron chi connectivity index (χ2n) is 6.41. The van der Waals surface area contributed by atoms with E-state index in [0.717, 1.165) is 5.56 Å². The Morgan fingerprint density at radius 2 is 1.68 bits per heavy atom. The van der Waals surface area contributed by atoms with E-state index in [0.29, 0.717) is 13.0 Å². The van der Waals surface area contributed by atoms with Crippen molar-refractivity contribution in [1.29, 1.82) is 0 Å². The van der Waals surface area contributed by atoms with Gasteiger partial charge in [0.05, 0.1) is 6.54 Å². The molecule has 0 unspecified atom stereocenters. The van der Waals surface area contributed by atoms with E-state index in [-0.39, 0.29) is 18.4 Å². The highest BCUT2D eigenvalue weighted by molar-refractivity contribution is 5.90. The summed E-state index contributed by atoms with van der Waals surface area (Å²) in [7, 11) is 0. The molecule has 0 bridgehead atoms. The van der Waals surface area contributed by atoms with Crippen molar-refractivity contribution in [3.63, 3.8) is 0 Å². The topological polar surface area (TPSA) is 108 Å². The summed E-state index contributed by atoms with van der Waals surface area (Å²) in [6.07, 6.45) is 0.433. The second-order valence-corrected chi connectivity index (χ2v) is 6.41. The first-order valence-electron chi connectivity index (χ1n) is 8.36. The third-order valence-electron chi connectivity index (χ3n) is 3.55. The fourth-order valence-corrected chi connectivity index (χ4v) is 2.24. The number of hydrogen-bond donors (Lipinski definition) is 4. The van der Waals surface area contributed by atoms with Gasteiger partial charge in [-0.3, -0.25) is 14.4 Å². The molecule has 0 aromatic heterocycles. The third kappa shape index (κ3) is 8.30. The van der Waals surface area contributed by atoms with Gasteiger partial charge in [0, 0.05) is 6.54 Å². The average Bonchev–Trinajstić information content (AvgIpc) is 2.54. The average molecular weight is 349 g/mol. The lowest BCUT2D eigenvalue weighted by Crippen LogP contribution is -2.52. The lowest BCUT2D eigenvalue weighted by atomic mass is 10.0. The highest BCUT2D eigenvalue weighted by Crippen LogP contribution is 2.05. The van der Waals surface area contributed by atoms with E-state index in [9.17, 15) is 14.4 Å². The van der Waals surface area contributed by atoms with Gasteiger partial charge in [0.2, 0.25) is 11.8 Å². The Balaban J connectivity index is 2.51. The summed E-state index contributed by atoms with van der Waals surface area (Å²) < 4.78 is 0. The molecular weight excluding hydrogens is 322 g/mol. The summed E-state index contributed by atoms with van der Waals surface area (Å²) in [5.41, 5.74) is 1.06. The first-order valence-corrected chi connectivity index (χ1v) is 8.36. The molecule has 0 aliphatic rings. The normalized spacial score (nSPS) is 13.1. The van der Waals surface area contributed by atoms with Crippen LogP contribution in [-0.2, 0) is 20.9 Å². The van der Waals surface area contributed by atoms with Crippen molar-refractivity contribution < 1.29 is 19.5 Å². The SMILES string of the molecule is CC(C)C[C@H](NC(=O)CNCc1ccccc1)C(=O)N[C@@H](C)C(=O)O. The minimum absolute atomic E-state index is 0.0747. The highest BCUT2D eigenvalue weighted by Gasteiger charge is 2.24. The first-order chi connectivity index (χ1) is 11.8. The van der Waals surface area contributed by atoms with E-state index in [4.69, 9.17) is 5.11 Å². The van der Waals surface area contributed by atoms with Crippen LogP contribution in [-0.4, -0.2) is 41.5 Å². The van der Waals surface area contributed by atoms with Gasteiger partial charge >= 0.3 is 5.97 Å². The predicted octanol–water partition coefficient (Wildman–Crippen LogP) is 0.896. The van der Waals surface area contributed by atoms with Gasteiger partial charge in [0.25, 0.3) is 0 Å². The summed E-state index contributed by atoms with van der Waals surface area (Å²) in [6, 6.07) is 7.90. The number of carboxylic acid groups (broad SMARTS) is 1. The predicted molar refractivity (Wildman–Crippen MR) is 94.8 cm³/mol. The van der Waals surface area contributed by atoms with Crippen molar-refractivity contribution >= 4 is 17.8 Å². The van der Waals surface area contributed by atoms with Crippen LogP contribution in [0.4, 0.5) is 0 Å². The highest BCUT2D eigenvalue weighted by atomic mass is 16.4. The minimum Gasteiger partial charge on any atom is -0.480 e. The second kappa shape index (κ2) is 10.5. The Morgan fingerprint density at radius 3 is 2.24 bits per heavy atom. The Labute approximate surface area is 148 Å². The van der Waals surface area contributed by atoms with Crippen LogP contribution in [0.3, 0.4) is 0 Å². The lowest BCUT2D eigenvalue weighted by molar-refractivity contribution is -0.141. The van der Waals surface area contributed by atoms with E-state index >= 15 is 0 Å². The Bertz CT molecular complexity index is 575. The van der Waals surface area contributed by atoms with Gasteiger partial charge < -0.3 is 21.1 Å². The quantitative estimate of drug-likeness (QED) is 0.502. The number of carbonyl (C=O) groups is 3. The van der Waals surface area contributed by atoms with Crippen molar-refractivity contribution in [2.75, 3.05) is 6.54 Å². The van der Waals surface area contributed by atoms with Gasteiger partial charge in [-0.1, -0.05) is 44.2 Å². The number of nitrogens with one attached hydrogen (secondary N) is 3. The smallest absolute Gasteiger partial charge is 0.325 e. The van der Waals surface area contributed by atoms with Gasteiger partial charge in [-0.2, -0.15) is 0 Å². The molecule has 25 heavy (non-hydrogen) atoms. The molecule has 2 atom stereocenters. The molecule has 1 aromatic carbocycles. The van der Waals surface area contributed by atoms with Crippen LogP contribution in [0.1, 0.15) is 32.8 Å². The number of amides is 2. The fraction of sp³-hybridized carbons (Fsp3) is 0.500. The molecule has 1 rings (SSSR count). The van der Waals surface area contributed by atoms with Gasteiger partial charge in [0.15, 0.2) is 0 Å². The Morgan fingerprint density at radius 1 is 1.04 bits per heavy atom. The molecule has 0 saturated heterocycles. The number of hydrogen-bond acceptors (Lipinski definition) is 4. The minimum atomic E-state index is -1.12. The summed E-state index contributed by atoms with van der Waals surface area (Å²) >= 11 is 0. The third-order valence-corrected chi connectivity index (χ3v) is 3.55. The molecule has 0 aliphatic carbocycles. The summed E-state index contributed by atoms with van der Waals surface area (Å²) in [6.45, 7) is 5.87. The molecule has 0 radical (unpaired) electrons. The summed E-state index contributed by atoms with van der Waals surface area (Å²) in [5.74, 6) is -1.74. The molecule has 0 aliphatic heterocycles. The maximum Gasteiger partial charge on any atom is 0.325 e. The van der Waals surface area contributed by atoms with E-state index in [1.165, 1.54) is 6.92 Å². The molecule has 2 amide bonds. The molecule has 0 spiro atoms. The zero-order valence-electron chi connectivity index (χ0n) is 14.9. The Kier molecular flexibility index (Phi) is 8.63. The number of benzene rings is 1. The van der Waals surface area contributed by atoms with Crippen LogP contribution >= 0.6 is 0 Å². The summed E-state index contributed by atoms with van der Waals surface area (Å²) in [5, 5.41) is 17.0. The van der Waals surface area contributed by atoms with Gasteiger partial charge in [0.1, 0.15) is 12.1 Å². The maximum atomic E-state index is 12.2. The Hall–Kier alpha value is -2.41. The van der Waals surface area contributed by atoms with Crippen LogP contribution in [0.5, 0.6) is 0 Å². The molecule has 0 saturated carbocycles. The van der Waals surface area contributed by atoms with Crippen molar-refractivity contribution in [3.8, 4) is 0 Å². The van der Waals surface area contributed by atoms with Crippen molar-refractivity contribution in [2.24, 2.45) is 5.92 Å². The van der Waals surface area contributed by atoms with Crippen LogP contribution < -0.4 is 16.0 Å². The first kappa shape index (κ1) is 20.6. The summed E-state index contributed by atoms with van der Waals surface area (Å²) in [4.78, 5) is 35.2. The van der Waals surface area contributed by atoms with Crippen molar-refractivity contribution in [1.82, 2.24) is 16.0 Å². The maximum absolute atomic E-state index is 12.2. The number of rotatable bonds is 10. The van der Waals surface area contributed by atoms with E-state index < -0.39 is 24.0 Å². The molecule has 138 valence electrons. The standard InChI is InChI=1S/C18H27N3O4/c1-12(2)9-15(17(23)20-13(3)18(24)25)21-16(22)11-19-10-14-7-5-4-6-8-14/h4-8,12-13,15,19H,9-11H2,1-3H3,(H,20,23)(H,21,22)(H,24,25)/t13-,15-/m0/s1. The van der Waals surface area contributed by atoms with Crippen LogP contribution in [0.15, 0.2) is 30.3 Å². The van der Waals surface area contributed by atoms with Crippen molar-refractivity contribution in [3.05, 3.63) is 35.9 Å². The molecule has 0 heterocycles. The number of carbonyl (C=O) groups excluding carboxylic acids is 2. The van der Waals surface area contributed by atoms with E-state index in [2.05, 4.69) is 16.0 Å². The lowest BCUT2D eigenvalue weighted by Gasteiger charge is -2.21. The zero-order chi connectivity index (χ0) is 18.8. The molecule has 1 aromatic rings. The molecule has 4 N–H and O–H groups in total. The zero-order valence-corrected chi connectivity index (χ0v) is 14.9. The largest absolute Gasteiger partial charge is 0.480 e. The molecular formula is C18H27N3O4. The van der Waals surface area contributed by atoms with Gasteiger partial charge in [-0.15, -0.1) is 0 Å². The van der Waals surface area contributed by atoms with Crippen LogP contribution in [0.25, 0.3) is 0 Å². The van der Waals surface area contributed by atoms with E-state index in [1.54, 1.807) is 0 Å². The van der Waals surface area contributed by atoms with Gasteiger partial charge in [-0.25, -0.2) is 0 Å². The number of carboxylic acids is 1. The monoisotopic (exact) mass is 349 g/mol. The number of aliphatic carboxylic acids is 1. The van der Waals surface area contributed by atoms with E-state index in [1.807, 2.05) is 44.2 Å². The molecule has 7 heteroatoms. The van der Waals surface area contributed by atoms with Gasteiger partial charge in [-0.05, 0) is 24.8 Å². The van der Waals surface area contributed by atoms with Crippen LogP contribution in [0.2, 0.25) is 0 Å².